The average Bonchev–Trinajstić information content (AvgIpc) is 3.08. The second-order valence-electron chi connectivity index (χ2n) is 7.38. The number of sulfonamides is 1. The number of aromatic nitrogens is 2. The van der Waals surface area contributed by atoms with E-state index < -0.39 is 10.0 Å². The van der Waals surface area contributed by atoms with E-state index in [1.165, 1.54) is 10.5 Å². The Kier molecular flexibility index (Phi) is 5.65. The van der Waals surface area contributed by atoms with E-state index in [9.17, 15) is 13.2 Å². The molecule has 0 saturated carbocycles. The Labute approximate surface area is 180 Å². The maximum atomic E-state index is 12.8. The van der Waals surface area contributed by atoms with Gasteiger partial charge in [0.05, 0.1) is 10.7 Å². The van der Waals surface area contributed by atoms with E-state index in [0.29, 0.717) is 54.1 Å². The summed E-state index contributed by atoms with van der Waals surface area (Å²) in [7, 11) is -1.92. The third kappa shape index (κ3) is 3.99. The molecule has 2 aromatic rings. The quantitative estimate of drug-likeness (QED) is 0.759. The van der Waals surface area contributed by atoms with Gasteiger partial charge in [0.1, 0.15) is 19.0 Å². The number of piperidine rings is 1. The molecule has 0 spiro atoms. The van der Waals surface area contributed by atoms with Crippen molar-refractivity contribution in [3.8, 4) is 11.5 Å². The minimum absolute atomic E-state index is 0.0356. The minimum Gasteiger partial charge on any atom is -0.486 e. The zero-order valence-electron chi connectivity index (χ0n) is 16.7. The van der Waals surface area contributed by atoms with Crippen LogP contribution in [-0.4, -0.2) is 54.5 Å². The van der Waals surface area contributed by atoms with Gasteiger partial charge in [0.15, 0.2) is 16.5 Å². The molecule has 4 rings (SSSR count). The fourth-order valence-electron chi connectivity index (χ4n) is 3.54. The summed E-state index contributed by atoms with van der Waals surface area (Å²) in [4.78, 5) is 16.9. The van der Waals surface area contributed by atoms with E-state index in [1.54, 1.807) is 30.7 Å². The smallest absolute Gasteiger partial charge is 0.262 e. The molecule has 1 N–H and O–H groups in total. The van der Waals surface area contributed by atoms with E-state index in [1.807, 2.05) is 0 Å². The molecule has 1 aromatic carbocycles. The van der Waals surface area contributed by atoms with Crippen molar-refractivity contribution < 1.29 is 22.7 Å². The fraction of sp³-hybridized carbons (Fsp3) is 0.474. The molecule has 162 valence electrons. The van der Waals surface area contributed by atoms with Crippen molar-refractivity contribution in [2.24, 2.45) is 13.0 Å². The number of halogens is 1. The van der Waals surface area contributed by atoms with E-state index in [2.05, 4.69) is 10.3 Å². The zero-order chi connectivity index (χ0) is 21.5. The Balaban J connectivity index is 1.40. The number of carbonyl (C=O) groups is 1. The van der Waals surface area contributed by atoms with Crippen LogP contribution in [0.3, 0.4) is 0 Å². The van der Waals surface area contributed by atoms with Gasteiger partial charge < -0.3 is 19.4 Å². The lowest BCUT2D eigenvalue weighted by molar-refractivity contribution is -0.120. The molecule has 30 heavy (non-hydrogen) atoms. The SMILES string of the molecule is Cc1nc(S(=O)(=O)N2CCC(C(=O)Nc3cc4c(cc3Cl)OCCO4)CC2)cn1C. The molecule has 0 unspecified atom stereocenters. The summed E-state index contributed by atoms with van der Waals surface area (Å²) in [5.41, 5.74) is 0.449. The number of anilines is 1. The summed E-state index contributed by atoms with van der Waals surface area (Å²) >= 11 is 6.26. The van der Waals surface area contributed by atoms with Crippen molar-refractivity contribution in [3.63, 3.8) is 0 Å². The van der Waals surface area contributed by atoms with Gasteiger partial charge in [-0.1, -0.05) is 11.6 Å². The highest BCUT2D eigenvalue weighted by molar-refractivity contribution is 7.89. The topological polar surface area (TPSA) is 103 Å². The maximum Gasteiger partial charge on any atom is 0.262 e. The van der Waals surface area contributed by atoms with Gasteiger partial charge >= 0.3 is 0 Å². The van der Waals surface area contributed by atoms with Crippen LogP contribution < -0.4 is 14.8 Å². The van der Waals surface area contributed by atoms with Gasteiger partial charge in [-0.3, -0.25) is 4.79 Å². The highest BCUT2D eigenvalue weighted by Crippen LogP contribution is 2.38. The molecule has 1 amide bonds. The van der Waals surface area contributed by atoms with Crippen LogP contribution in [0.2, 0.25) is 5.02 Å². The molecule has 3 heterocycles. The van der Waals surface area contributed by atoms with E-state index >= 15 is 0 Å². The van der Waals surface area contributed by atoms with Crippen molar-refractivity contribution in [1.29, 1.82) is 0 Å². The van der Waals surface area contributed by atoms with Gasteiger partial charge in [-0.05, 0) is 19.8 Å². The summed E-state index contributed by atoms with van der Waals surface area (Å²) in [5.74, 6) is 1.20. The van der Waals surface area contributed by atoms with Crippen LogP contribution >= 0.6 is 11.6 Å². The third-order valence-electron chi connectivity index (χ3n) is 5.41. The van der Waals surface area contributed by atoms with Crippen LogP contribution in [0.15, 0.2) is 23.4 Å². The van der Waals surface area contributed by atoms with Crippen LogP contribution in [0, 0.1) is 12.8 Å². The van der Waals surface area contributed by atoms with Crippen molar-refractivity contribution >= 4 is 33.2 Å². The van der Waals surface area contributed by atoms with Crippen molar-refractivity contribution in [2.75, 3.05) is 31.6 Å². The first-order valence-electron chi connectivity index (χ1n) is 9.66. The number of carbonyl (C=O) groups excluding carboxylic acids is 1. The second-order valence-corrected chi connectivity index (χ2v) is 9.67. The number of hydrogen-bond acceptors (Lipinski definition) is 6. The van der Waals surface area contributed by atoms with Gasteiger partial charge in [0, 0.05) is 44.4 Å². The maximum absolute atomic E-state index is 12.8. The minimum atomic E-state index is -3.67. The Morgan fingerprint density at radius 3 is 2.43 bits per heavy atom. The number of fused-ring (bicyclic) bond motifs is 1. The summed E-state index contributed by atoms with van der Waals surface area (Å²) < 4.78 is 39.7. The van der Waals surface area contributed by atoms with Crippen LogP contribution in [-0.2, 0) is 21.9 Å². The van der Waals surface area contributed by atoms with Gasteiger partial charge in [0.2, 0.25) is 5.91 Å². The molecule has 2 aliphatic heterocycles. The van der Waals surface area contributed by atoms with Crippen molar-refractivity contribution in [2.45, 2.75) is 24.8 Å². The summed E-state index contributed by atoms with van der Waals surface area (Å²) in [6.45, 7) is 3.15. The first kappa shape index (κ1) is 21.0. The van der Waals surface area contributed by atoms with Crippen molar-refractivity contribution in [3.05, 3.63) is 29.2 Å². The molecule has 1 saturated heterocycles. The van der Waals surface area contributed by atoms with Gasteiger partial charge in [-0.25, -0.2) is 13.4 Å². The monoisotopic (exact) mass is 454 g/mol. The first-order chi connectivity index (χ1) is 14.3. The Hall–Kier alpha value is -2.30. The standard InChI is InChI=1S/C19H23ClN4O5S/c1-12-21-18(11-23(12)2)30(26,27)24-5-3-13(4-6-24)19(25)22-15-10-17-16(9-14(15)20)28-7-8-29-17/h9-11,13H,3-8H2,1-2H3,(H,22,25). The molecule has 0 atom stereocenters. The predicted molar refractivity (Wildman–Crippen MR) is 110 cm³/mol. The predicted octanol–water partition coefficient (Wildman–Crippen LogP) is 2.19. The average molecular weight is 455 g/mol. The number of aryl methyl sites for hydroxylation is 2. The molecule has 9 nitrogen and oxygen atoms in total. The fourth-order valence-corrected chi connectivity index (χ4v) is 5.23. The van der Waals surface area contributed by atoms with E-state index in [-0.39, 0.29) is 29.9 Å². The van der Waals surface area contributed by atoms with Crippen LogP contribution in [0.5, 0.6) is 11.5 Å². The lowest BCUT2D eigenvalue weighted by Crippen LogP contribution is -2.41. The molecule has 1 fully saturated rings. The number of hydrogen-bond donors (Lipinski definition) is 1. The molecule has 11 heteroatoms. The summed E-state index contributed by atoms with van der Waals surface area (Å²) in [5, 5.41) is 3.23. The van der Waals surface area contributed by atoms with Gasteiger partial charge in [0.25, 0.3) is 10.0 Å². The molecular formula is C19H23ClN4O5S. The number of imidazole rings is 1. The largest absolute Gasteiger partial charge is 0.486 e. The third-order valence-corrected chi connectivity index (χ3v) is 7.49. The molecule has 2 aliphatic rings. The summed E-state index contributed by atoms with van der Waals surface area (Å²) in [6.07, 6.45) is 2.34. The van der Waals surface area contributed by atoms with E-state index in [4.69, 9.17) is 21.1 Å². The normalized spacial score (nSPS) is 17.7. The van der Waals surface area contributed by atoms with Crippen LogP contribution in [0.25, 0.3) is 0 Å². The second kappa shape index (κ2) is 8.09. The molecular weight excluding hydrogens is 432 g/mol. The van der Waals surface area contributed by atoms with Crippen LogP contribution in [0.4, 0.5) is 5.69 Å². The number of ether oxygens (including phenoxy) is 2. The van der Waals surface area contributed by atoms with E-state index in [0.717, 1.165) is 0 Å². The lowest BCUT2D eigenvalue weighted by Gasteiger charge is -2.30. The Bertz CT molecular complexity index is 1060. The molecule has 0 radical (unpaired) electrons. The Morgan fingerprint density at radius 2 is 1.83 bits per heavy atom. The van der Waals surface area contributed by atoms with Crippen molar-refractivity contribution in [1.82, 2.24) is 13.9 Å². The molecule has 0 bridgehead atoms. The molecule has 1 aromatic heterocycles. The first-order valence-corrected chi connectivity index (χ1v) is 11.5. The number of nitrogens with one attached hydrogen (secondary N) is 1. The lowest BCUT2D eigenvalue weighted by atomic mass is 9.97. The summed E-state index contributed by atoms with van der Waals surface area (Å²) in [6, 6.07) is 3.27. The highest BCUT2D eigenvalue weighted by Gasteiger charge is 2.34. The number of nitrogens with zero attached hydrogens (tertiary/aromatic N) is 3. The Morgan fingerprint density at radius 1 is 1.20 bits per heavy atom. The number of amides is 1. The number of rotatable bonds is 4. The number of benzene rings is 1. The van der Waals surface area contributed by atoms with Crippen LogP contribution in [0.1, 0.15) is 18.7 Å². The van der Waals surface area contributed by atoms with Gasteiger partial charge in [-0.15, -0.1) is 0 Å². The van der Waals surface area contributed by atoms with Gasteiger partial charge in [-0.2, -0.15) is 4.31 Å². The zero-order valence-corrected chi connectivity index (χ0v) is 18.3. The molecule has 0 aliphatic carbocycles. The highest BCUT2D eigenvalue weighted by atomic mass is 35.5.